The van der Waals surface area contributed by atoms with E-state index in [1.807, 2.05) is 18.2 Å². The van der Waals surface area contributed by atoms with Gasteiger partial charge in [-0.25, -0.2) is 4.68 Å². The first-order valence-electron chi connectivity index (χ1n) is 8.33. The Morgan fingerprint density at radius 1 is 1.15 bits per heavy atom. The predicted octanol–water partition coefficient (Wildman–Crippen LogP) is 2.10. The number of terminal acetylenes is 1. The van der Waals surface area contributed by atoms with Crippen LogP contribution in [0, 0.1) is 17.2 Å². The van der Waals surface area contributed by atoms with E-state index in [-0.39, 0.29) is 0 Å². The summed E-state index contributed by atoms with van der Waals surface area (Å²) in [6.45, 7) is 5.01. The van der Waals surface area contributed by atoms with E-state index in [0.29, 0.717) is 35.4 Å². The normalized spacial score (nSPS) is 15.6. The Morgan fingerprint density at radius 3 is 2.50 bits per heavy atom. The molecule has 0 N–H and O–H groups in total. The molecule has 2 aromatic rings. The van der Waals surface area contributed by atoms with Crippen LogP contribution < -0.4 is 9.47 Å². The maximum absolute atomic E-state index is 5.68. The van der Waals surface area contributed by atoms with Crippen molar-refractivity contribution in [2.45, 2.75) is 6.67 Å². The van der Waals surface area contributed by atoms with Gasteiger partial charge in [-0.05, 0) is 30.4 Å². The van der Waals surface area contributed by atoms with Gasteiger partial charge in [0.05, 0.1) is 27.4 Å². The molecule has 0 spiro atoms. The van der Waals surface area contributed by atoms with Crippen LogP contribution in [-0.4, -0.2) is 66.5 Å². The third-order valence-corrected chi connectivity index (χ3v) is 4.64. The molecular weight excluding hydrogens is 352 g/mol. The van der Waals surface area contributed by atoms with Crippen LogP contribution in [0.5, 0.6) is 11.5 Å². The van der Waals surface area contributed by atoms with Gasteiger partial charge in [-0.15, -0.1) is 11.5 Å². The molecule has 1 aromatic heterocycles. The zero-order chi connectivity index (χ0) is 18.5. The third kappa shape index (κ3) is 4.07. The molecule has 1 saturated heterocycles. The highest BCUT2D eigenvalue weighted by molar-refractivity contribution is 7.71. The molecule has 0 bridgehead atoms. The number of hydrogen-bond donors (Lipinski definition) is 0. The van der Waals surface area contributed by atoms with Crippen LogP contribution in [-0.2, 0) is 6.67 Å². The molecule has 0 saturated carbocycles. The molecule has 0 aliphatic carbocycles. The molecule has 26 heavy (non-hydrogen) atoms. The quantitative estimate of drug-likeness (QED) is 0.567. The molecule has 0 radical (unpaired) electrons. The van der Waals surface area contributed by atoms with Crippen molar-refractivity contribution in [1.29, 1.82) is 0 Å². The van der Waals surface area contributed by atoms with Gasteiger partial charge in [0.1, 0.15) is 0 Å². The van der Waals surface area contributed by atoms with Gasteiger partial charge in [0, 0.05) is 31.7 Å². The van der Waals surface area contributed by atoms with Crippen molar-refractivity contribution in [1.82, 2.24) is 19.6 Å². The van der Waals surface area contributed by atoms with Crippen molar-refractivity contribution >= 4 is 12.2 Å². The molecule has 8 heteroatoms. The average Bonchev–Trinajstić information content (AvgIpc) is 3.03. The van der Waals surface area contributed by atoms with Gasteiger partial charge in [-0.1, -0.05) is 5.92 Å². The Bertz CT molecular complexity index is 847. The number of nitrogens with zero attached hydrogens (tertiary/aromatic N) is 4. The third-order valence-electron chi connectivity index (χ3n) is 4.35. The largest absolute Gasteiger partial charge is 0.493 e. The lowest BCUT2D eigenvalue weighted by Crippen LogP contribution is -2.46. The monoisotopic (exact) mass is 374 g/mol. The Labute approximate surface area is 158 Å². The summed E-state index contributed by atoms with van der Waals surface area (Å²) in [5, 5.41) is 4.52. The summed E-state index contributed by atoms with van der Waals surface area (Å²) in [4.78, 5) is 4.89. The zero-order valence-electron chi connectivity index (χ0n) is 15.0. The SMILES string of the molecule is C#CCN1CCN(Cn2nc(-c3ccc(OC)c(OC)c3)oc2=S)CC1. The molecule has 138 valence electrons. The summed E-state index contributed by atoms with van der Waals surface area (Å²) >= 11 is 5.33. The molecule has 0 unspecified atom stereocenters. The molecule has 1 aromatic carbocycles. The molecule has 0 amide bonds. The lowest BCUT2D eigenvalue weighted by Gasteiger charge is -2.33. The van der Waals surface area contributed by atoms with E-state index >= 15 is 0 Å². The number of ether oxygens (including phenoxy) is 2. The van der Waals surface area contributed by atoms with Crippen molar-refractivity contribution in [3.63, 3.8) is 0 Å². The first kappa shape index (κ1) is 18.5. The fourth-order valence-electron chi connectivity index (χ4n) is 2.89. The number of hydrogen-bond acceptors (Lipinski definition) is 7. The summed E-state index contributed by atoms with van der Waals surface area (Å²) in [5.74, 6) is 4.42. The molecule has 7 nitrogen and oxygen atoms in total. The highest BCUT2D eigenvalue weighted by Crippen LogP contribution is 2.31. The van der Waals surface area contributed by atoms with Crippen molar-refractivity contribution in [2.75, 3.05) is 46.9 Å². The first-order chi connectivity index (χ1) is 12.6. The standard InChI is InChI=1S/C18H22N4O3S/c1-4-7-20-8-10-21(11-9-20)13-22-18(26)25-17(19-22)14-5-6-15(23-2)16(12-14)24-3/h1,5-6,12H,7-11,13H2,2-3H3. The van der Waals surface area contributed by atoms with E-state index in [1.165, 1.54) is 0 Å². The molecule has 0 atom stereocenters. The van der Waals surface area contributed by atoms with Crippen LogP contribution in [0.2, 0.25) is 0 Å². The highest BCUT2D eigenvalue weighted by Gasteiger charge is 2.18. The molecule has 1 fully saturated rings. The van der Waals surface area contributed by atoms with Crippen LogP contribution >= 0.6 is 12.2 Å². The summed E-state index contributed by atoms with van der Waals surface area (Å²) in [6.07, 6.45) is 5.37. The first-order valence-corrected chi connectivity index (χ1v) is 8.74. The maximum Gasteiger partial charge on any atom is 0.288 e. The lowest BCUT2D eigenvalue weighted by molar-refractivity contribution is 0.110. The Morgan fingerprint density at radius 2 is 1.85 bits per heavy atom. The van der Waals surface area contributed by atoms with Gasteiger partial charge >= 0.3 is 0 Å². The molecule has 3 rings (SSSR count). The molecule has 1 aliphatic heterocycles. The second kappa shape index (κ2) is 8.36. The van der Waals surface area contributed by atoms with Crippen molar-refractivity contribution < 1.29 is 13.9 Å². The Kier molecular flexibility index (Phi) is 5.93. The van der Waals surface area contributed by atoms with Crippen LogP contribution in [0.1, 0.15) is 0 Å². The molecular formula is C18H22N4O3S. The van der Waals surface area contributed by atoms with E-state index in [4.69, 9.17) is 32.5 Å². The van der Waals surface area contributed by atoms with Crippen LogP contribution in [0.25, 0.3) is 11.5 Å². The van der Waals surface area contributed by atoms with E-state index in [1.54, 1.807) is 18.9 Å². The number of piperazine rings is 1. The van der Waals surface area contributed by atoms with Crippen LogP contribution in [0.4, 0.5) is 0 Å². The van der Waals surface area contributed by atoms with E-state index < -0.39 is 0 Å². The van der Waals surface area contributed by atoms with Gasteiger partial charge < -0.3 is 13.9 Å². The molecule has 2 heterocycles. The topological polar surface area (TPSA) is 55.9 Å². The minimum atomic E-state index is 0.348. The second-order valence-electron chi connectivity index (χ2n) is 5.98. The average molecular weight is 374 g/mol. The smallest absolute Gasteiger partial charge is 0.288 e. The minimum absolute atomic E-state index is 0.348. The number of rotatable bonds is 6. The van der Waals surface area contributed by atoms with E-state index in [2.05, 4.69) is 20.8 Å². The van der Waals surface area contributed by atoms with Crippen LogP contribution in [0.15, 0.2) is 22.6 Å². The Hall–Kier alpha value is -2.34. The summed E-state index contributed by atoms with van der Waals surface area (Å²) in [5.41, 5.74) is 0.784. The zero-order valence-corrected chi connectivity index (χ0v) is 15.8. The van der Waals surface area contributed by atoms with Gasteiger partial charge in [-0.3, -0.25) is 9.80 Å². The van der Waals surface area contributed by atoms with Gasteiger partial charge in [0.25, 0.3) is 4.84 Å². The fraction of sp³-hybridized carbons (Fsp3) is 0.444. The number of methoxy groups -OCH3 is 2. The maximum atomic E-state index is 5.68. The predicted molar refractivity (Wildman–Crippen MR) is 101 cm³/mol. The van der Waals surface area contributed by atoms with Crippen LogP contribution in [0.3, 0.4) is 0 Å². The minimum Gasteiger partial charge on any atom is -0.493 e. The Balaban J connectivity index is 1.72. The second-order valence-corrected chi connectivity index (χ2v) is 6.33. The highest BCUT2D eigenvalue weighted by atomic mass is 32.1. The number of benzene rings is 1. The van der Waals surface area contributed by atoms with Crippen molar-refractivity contribution in [3.05, 3.63) is 23.0 Å². The van der Waals surface area contributed by atoms with Gasteiger partial charge in [-0.2, -0.15) is 0 Å². The summed E-state index contributed by atoms with van der Waals surface area (Å²) < 4.78 is 18.0. The van der Waals surface area contributed by atoms with Gasteiger partial charge in [0.15, 0.2) is 11.5 Å². The summed E-state index contributed by atoms with van der Waals surface area (Å²) in [6, 6.07) is 5.50. The summed E-state index contributed by atoms with van der Waals surface area (Å²) in [7, 11) is 3.19. The van der Waals surface area contributed by atoms with E-state index in [9.17, 15) is 0 Å². The fourth-order valence-corrected chi connectivity index (χ4v) is 3.07. The number of aromatic nitrogens is 2. The van der Waals surface area contributed by atoms with E-state index in [0.717, 1.165) is 31.7 Å². The lowest BCUT2D eigenvalue weighted by atomic mass is 10.2. The van der Waals surface area contributed by atoms with Crippen molar-refractivity contribution in [2.24, 2.45) is 0 Å². The molecule has 1 aliphatic rings. The van der Waals surface area contributed by atoms with Crippen molar-refractivity contribution in [3.8, 4) is 35.3 Å². The van der Waals surface area contributed by atoms with Gasteiger partial charge in [0.2, 0.25) is 5.89 Å².